The summed E-state index contributed by atoms with van der Waals surface area (Å²) >= 11 is 0. The molecule has 2 amide bonds. The van der Waals surface area contributed by atoms with Crippen molar-refractivity contribution in [3.63, 3.8) is 0 Å². The predicted octanol–water partition coefficient (Wildman–Crippen LogP) is 0.927. The van der Waals surface area contributed by atoms with E-state index in [1.54, 1.807) is 11.8 Å². The van der Waals surface area contributed by atoms with Gasteiger partial charge in [0, 0.05) is 13.2 Å². The van der Waals surface area contributed by atoms with Crippen LogP contribution in [-0.2, 0) is 14.3 Å². The Kier molecular flexibility index (Phi) is 4.45. The quantitative estimate of drug-likeness (QED) is 0.825. The Morgan fingerprint density at radius 2 is 2.21 bits per heavy atom. The first-order valence-corrected chi connectivity index (χ1v) is 7.27. The standard InChI is InChI=1S/C14H24N2O3/c1-4-9(2)12-14(18)16(10(3)13(17)15-12)8-11-6-5-7-19-11/h9-12H,4-8H2,1-3H3,(H,15,17). The summed E-state index contributed by atoms with van der Waals surface area (Å²) in [6, 6.07) is -0.771. The first-order valence-electron chi connectivity index (χ1n) is 7.27. The lowest BCUT2D eigenvalue weighted by Crippen LogP contribution is -2.65. The second-order valence-electron chi connectivity index (χ2n) is 5.67. The van der Waals surface area contributed by atoms with Gasteiger partial charge in [0.2, 0.25) is 11.8 Å². The van der Waals surface area contributed by atoms with Gasteiger partial charge in [0.05, 0.1) is 6.10 Å². The highest BCUT2D eigenvalue weighted by molar-refractivity contribution is 5.96. The van der Waals surface area contributed by atoms with E-state index in [2.05, 4.69) is 5.32 Å². The molecule has 0 saturated carbocycles. The van der Waals surface area contributed by atoms with Crippen LogP contribution in [0.15, 0.2) is 0 Å². The van der Waals surface area contributed by atoms with Crippen molar-refractivity contribution in [1.82, 2.24) is 10.2 Å². The molecule has 5 heteroatoms. The molecular weight excluding hydrogens is 244 g/mol. The molecule has 4 unspecified atom stereocenters. The van der Waals surface area contributed by atoms with Crippen molar-refractivity contribution < 1.29 is 14.3 Å². The molecule has 2 heterocycles. The number of hydrogen-bond donors (Lipinski definition) is 1. The Hall–Kier alpha value is -1.10. The van der Waals surface area contributed by atoms with Gasteiger partial charge in [-0.15, -0.1) is 0 Å². The first-order chi connectivity index (χ1) is 9.04. The van der Waals surface area contributed by atoms with Gasteiger partial charge in [-0.3, -0.25) is 9.59 Å². The molecule has 0 aromatic rings. The van der Waals surface area contributed by atoms with Gasteiger partial charge in [0.25, 0.3) is 0 Å². The highest BCUT2D eigenvalue weighted by Crippen LogP contribution is 2.21. The van der Waals surface area contributed by atoms with Crippen molar-refractivity contribution in [2.75, 3.05) is 13.2 Å². The highest BCUT2D eigenvalue weighted by atomic mass is 16.5. The zero-order valence-corrected chi connectivity index (χ0v) is 12.0. The molecular formula is C14H24N2O3. The van der Waals surface area contributed by atoms with Crippen molar-refractivity contribution in [2.45, 2.75) is 58.2 Å². The molecule has 0 radical (unpaired) electrons. The molecule has 2 fully saturated rings. The van der Waals surface area contributed by atoms with E-state index in [0.717, 1.165) is 25.9 Å². The summed E-state index contributed by atoms with van der Waals surface area (Å²) in [5, 5.41) is 2.85. The minimum Gasteiger partial charge on any atom is -0.376 e. The molecule has 2 saturated heterocycles. The molecule has 0 bridgehead atoms. The molecule has 2 aliphatic heterocycles. The number of rotatable bonds is 4. The van der Waals surface area contributed by atoms with Crippen molar-refractivity contribution in [1.29, 1.82) is 0 Å². The van der Waals surface area contributed by atoms with Crippen LogP contribution in [-0.4, -0.2) is 48.1 Å². The minimum atomic E-state index is -0.392. The van der Waals surface area contributed by atoms with Gasteiger partial charge < -0.3 is 15.0 Å². The van der Waals surface area contributed by atoms with Gasteiger partial charge >= 0.3 is 0 Å². The summed E-state index contributed by atoms with van der Waals surface area (Å²) in [5.41, 5.74) is 0. The van der Waals surface area contributed by atoms with Gasteiger partial charge in [-0.05, 0) is 25.7 Å². The number of piperazine rings is 1. The lowest BCUT2D eigenvalue weighted by atomic mass is 9.94. The summed E-state index contributed by atoms with van der Waals surface area (Å²) in [6.07, 6.45) is 2.99. The Balaban J connectivity index is 2.09. The summed E-state index contributed by atoms with van der Waals surface area (Å²) in [6.45, 7) is 7.13. The molecule has 0 aliphatic carbocycles. The van der Waals surface area contributed by atoms with Crippen LogP contribution in [0.25, 0.3) is 0 Å². The molecule has 4 atom stereocenters. The van der Waals surface area contributed by atoms with Crippen LogP contribution in [0.5, 0.6) is 0 Å². The number of ether oxygens (including phenoxy) is 1. The molecule has 1 N–H and O–H groups in total. The normalized spacial score (nSPS) is 33.4. The molecule has 0 aromatic carbocycles. The maximum Gasteiger partial charge on any atom is 0.246 e. The second-order valence-corrected chi connectivity index (χ2v) is 5.67. The number of hydrogen-bond acceptors (Lipinski definition) is 3. The maximum atomic E-state index is 12.5. The zero-order chi connectivity index (χ0) is 14.0. The van der Waals surface area contributed by atoms with E-state index < -0.39 is 6.04 Å². The van der Waals surface area contributed by atoms with Crippen LogP contribution in [0.3, 0.4) is 0 Å². The molecule has 2 rings (SSSR count). The molecule has 2 aliphatic rings. The zero-order valence-electron chi connectivity index (χ0n) is 12.0. The van der Waals surface area contributed by atoms with E-state index in [9.17, 15) is 9.59 Å². The monoisotopic (exact) mass is 268 g/mol. The second kappa shape index (κ2) is 5.90. The van der Waals surface area contributed by atoms with E-state index in [0.29, 0.717) is 6.54 Å². The molecule has 19 heavy (non-hydrogen) atoms. The lowest BCUT2D eigenvalue weighted by Gasteiger charge is -2.40. The summed E-state index contributed by atoms with van der Waals surface area (Å²) in [4.78, 5) is 26.2. The van der Waals surface area contributed by atoms with Crippen molar-refractivity contribution >= 4 is 11.8 Å². The van der Waals surface area contributed by atoms with E-state index in [4.69, 9.17) is 4.74 Å². The summed E-state index contributed by atoms with van der Waals surface area (Å²) in [5.74, 6) is 0.149. The summed E-state index contributed by atoms with van der Waals surface area (Å²) < 4.78 is 5.58. The summed E-state index contributed by atoms with van der Waals surface area (Å²) in [7, 11) is 0. The van der Waals surface area contributed by atoms with Crippen LogP contribution in [0, 0.1) is 5.92 Å². The van der Waals surface area contributed by atoms with Crippen molar-refractivity contribution in [3.8, 4) is 0 Å². The van der Waals surface area contributed by atoms with Gasteiger partial charge in [-0.1, -0.05) is 20.3 Å². The van der Waals surface area contributed by atoms with E-state index in [-0.39, 0.29) is 29.9 Å². The third-order valence-electron chi connectivity index (χ3n) is 4.33. The number of nitrogens with zero attached hydrogens (tertiary/aromatic N) is 1. The molecule has 5 nitrogen and oxygen atoms in total. The fraction of sp³-hybridized carbons (Fsp3) is 0.857. The third kappa shape index (κ3) is 2.91. The minimum absolute atomic E-state index is 0.0388. The van der Waals surface area contributed by atoms with E-state index in [1.807, 2.05) is 13.8 Å². The van der Waals surface area contributed by atoms with E-state index >= 15 is 0 Å². The lowest BCUT2D eigenvalue weighted by molar-refractivity contribution is -0.151. The topological polar surface area (TPSA) is 58.6 Å². The average molecular weight is 268 g/mol. The Bertz CT molecular complexity index is 353. The van der Waals surface area contributed by atoms with Gasteiger partial charge in [0.1, 0.15) is 12.1 Å². The van der Waals surface area contributed by atoms with Crippen molar-refractivity contribution in [3.05, 3.63) is 0 Å². The molecule has 108 valence electrons. The van der Waals surface area contributed by atoms with Crippen LogP contribution >= 0.6 is 0 Å². The third-order valence-corrected chi connectivity index (χ3v) is 4.33. The van der Waals surface area contributed by atoms with Crippen molar-refractivity contribution in [2.24, 2.45) is 5.92 Å². The first kappa shape index (κ1) is 14.3. The smallest absolute Gasteiger partial charge is 0.246 e. The number of carbonyl (C=O) groups is 2. The van der Waals surface area contributed by atoms with Crippen LogP contribution in [0.1, 0.15) is 40.0 Å². The van der Waals surface area contributed by atoms with Crippen LogP contribution < -0.4 is 5.32 Å². The van der Waals surface area contributed by atoms with Gasteiger partial charge in [-0.25, -0.2) is 0 Å². The predicted molar refractivity (Wildman–Crippen MR) is 71.5 cm³/mol. The average Bonchev–Trinajstić information content (AvgIpc) is 2.91. The fourth-order valence-electron chi connectivity index (χ4n) is 2.72. The maximum absolute atomic E-state index is 12.5. The van der Waals surface area contributed by atoms with Gasteiger partial charge in [0.15, 0.2) is 0 Å². The Morgan fingerprint density at radius 3 is 2.79 bits per heavy atom. The van der Waals surface area contributed by atoms with Crippen LogP contribution in [0.4, 0.5) is 0 Å². The number of nitrogens with one attached hydrogen (secondary N) is 1. The van der Waals surface area contributed by atoms with Crippen LogP contribution in [0.2, 0.25) is 0 Å². The Labute approximate surface area is 114 Å². The molecule has 0 spiro atoms. The van der Waals surface area contributed by atoms with E-state index in [1.165, 1.54) is 0 Å². The number of carbonyl (C=O) groups excluding carboxylic acids is 2. The number of amides is 2. The molecule has 0 aromatic heterocycles. The largest absolute Gasteiger partial charge is 0.376 e. The highest BCUT2D eigenvalue weighted by Gasteiger charge is 2.41. The Morgan fingerprint density at radius 1 is 1.47 bits per heavy atom. The fourth-order valence-corrected chi connectivity index (χ4v) is 2.72. The van der Waals surface area contributed by atoms with Gasteiger partial charge in [-0.2, -0.15) is 0 Å². The SMILES string of the molecule is CCC(C)C1NC(=O)C(C)N(CC2CCCO2)C1=O.